The first-order valence-corrected chi connectivity index (χ1v) is 11.6. The van der Waals surface area contributed by atoms with Crippen molar-refractivity contribution in [3.8, 4) is 0 Å². The molecule has 4 rings (SSSR count). The fraction of sp³-hybridized carbons (Fsp3) is 0.684. The van der Waals surface area contributed by atoms with Crippen LogP contribution >= 0.6 is 0 Å². The highest BCUT2D eigenvalue weighted by atomic mass is 32.2. The van der Waals surface area contributed by atoms with E-state index < -0.39 is 27.8 Å². The van der Waals surface area contributed by atoms with E-state index in [2.05, 4.69) is 10.2 Å². The maximum atomic E-state index is 14.2. The molecule has 0 bridgehead atoms. The van der Waals surface area contributed by atoms with Gasteiger partial charge < -0.3 is 10.1 Å². The third-order valence-electron chi connectivity index (χ3n) is 6.46. The van der Waals surface area contributed by atoms with E-state index in [9.17, 15) is 17.2 Å². The van der Waals surface area contributed by atoms with Crippen LogP contribution in [-0.4, -0.2) is 75.3 Å². The molecule has 3 aliphatic rings. The zero-order valence-electron chi connectivity index (χ0n) is 16.1. The van der Waals surface area contributed by atoms with Gasteiger partial charge in [0.1, 0.15) is 17.7 Å². The van der Waals surface area contributed by atoms with E-state index in [1.807, 2.05) is 0 Å². The molecule has 0 amide bonds. The second kappa shape index (κ2) is 7.60. The number of hydrogen-bond donors (Lipinski definition) is 1. The highest BCUT2D eigenvalue weighted by molar-refractivity contribution is 7.88. The molecular weight excluding hydrogens is 388 g/mol. The molecule has 2 unspecified atom stereocenters. The van der Waals surface area contributed by atoms with E-state index in [0.29, 0.717) is 25.6 Å². The van der Waals surface area contributed by atoms with Crippen molar-refractivity contribution in [1.29, 1.82) is 0 Å². The van der Waals surface area contributed by atoms with Crippen LogP contribution in [0.25, 0.3) is 0 Å². The highest BCUT2D eigenvalue weighted by Crippen LogP contribution is 2.37. The van der Waals surface area contributed by atoms with Crippen LogP contribution in [-0.2, 0) is 14.8 Å². The molecule has 3 fully saturated rings. The van der Waals surface area contributed by atoms with Crippen LogP contribution in [0.5, 0.6) is 0 Å². The Balaban J connectivity index is 1.46. The Morgan fingerprint density at radius 3 is 2.75 bits per heavy atom. The molecule has 9 heteroatoms. The maximum Gasteiger partial charge on any atom is 0.211 e. The Hall–Kier alpha value is -1.13. The summed E-state index contributed by atoms with van der Waals surface area (Å²) in [5.74, 6) is -0.601. The van der Waals surface area contributed by atoms with Gasteiger partial charge >= 0.3 is 0 Å². The molecule has 1 aromatic rings. The van der Waals surface area contributed by atoms with Crippen LogP contribution in [0.4, 0.5) is 8.78 Å². The molecule has 6 nitrogen and oxygen atoms in total. The van der Waals surface area contributed by atoms with Crippen LogP contribution < -0.4 is 5.32 Å². The largest absolute Gasteiger partial charge is 0.370 e. The summed E-state index contributed by atoms with van der Waals surface area (Å²) in [4.78, 5) is 2.30. The molecule has 5 atom stereocenters. The number of likely N-dealkylation sites (tertiary alicyclic amines) is 1. The summed E-state index contributed by atoms with van der Waals surface area (Å²) in [7, 11) is -1.40. The summed E-state index contributed by atoms with van der Waals surface area (Å²) in [6.07, 6.45) is 2.34. The SMILES string of the molecule is CN[C@H]1C[C@@H](N2CC3CCN(S(C)(=O)=O)C3C2)CO[C@@H]1c1cc(F)ccc1F. The average Bonchev–Trinajstić information content (AvgIpc) is 3.23. The van der Waals surface area contributed by atoms with Crippen molar-refractivity contribution in [2.24, 2.45) is 5.92 Å². The van der Waals surface area contributed by atoms with E-state index in [0.717, 1.165) is 31.5 Å². The summed E-state index contributed by atoms with van der Waals surface area (Å²) in [5.41, 5.74) is 0.236. The third kappa shape index (κ3) is 3.70. The van der Waals surface area contributed by atoms with Gasteiger partial charge in [0.05, 0.1) is 12.9 Å². The van der Waals surface area contributed by atoms with E-state index in [1.165, 1.54) is 12.3 Å². The summed E-state index contributed by atoms with van der Waals surface area (Å²) in [6.45, 7) is 2.56. The van der Waals surface area contributed by atoms with Crippen LogP contribution in [0.15, 0.2) is 18.2 Å². The van der Waals surface area contributed by atoms with Gasteiger partial charge in [-0.25, -0.2) is 17.2 Å². The summed E-state index contributed by atoms with van der Waals surface area (Å²) >= 11 is 0. The average molecular weight is 416 g/mol. The van der Waals surface area contributed by atoms with Crippen LogP contribution in [0.3, 0.4) is 0 Å². The maximum absolute atomic E-state index is 14.2. The van der Waals surface area contributed by atoms with E-state index in [1.54, 1.807) is 11.4 Å². The molecule has 156 valence electrons. The summed E-state index contributed by atoms with van der Waals surface area (Å²) in [5, 5.41) is 3.19. The number of nitrogens with one attached hydrogen (secondary N) is 1. The molecular formula is C19H27F2N3O3S. The van der Waals surface area contributed by atoms with E-state index in [-0.39, 0.29) is 23.7 Å². The first-order chi connectivity index (χ1) is 13.3. The lowest BCUT2D eigenvalue weighted by Gasteiger charge is -2.40. The zero-order valence-corrected chi connectivity index (χ0v) is 17.0. The van der Waals surface area contributed by atoms with Crippen molar-refractivity contribution in [3.63, 3.8) is 0 Å². The van der Waals surface area contributed by atoms with Crippen molar-refractivity contribution >= 4 is 10.0 Å². The molecule has 0 saturated carbocycles. The molecule has 1 aromatic carbocycles. The molecule has 1 N–H and O–H groups in total. The fourth-order valence-electron chi connectivity index (χ4n) is 5.04. The number of hydrogen-bond acceptors (Lipinski definition) is 5. The minimum absolute atomic E-state index is 0.0291. The second-order valence-electron chi connectivity index (χ2n) is 8.15. The van der Waals surface area contributed by atoms with Gasteiger partial charge in [0.15, 0.2) is 0 Å². The van der Waals surface area contributed by atoms with Crippen LogP contribution in [0.2, 0.25) is 0 Å². The van der Waals surface area contributed by atoms with Gasteiger partial charge in [-0.05, 0) is 44.0 Å². The Morgan fingerprint density at radius 2 is 2.04 bits per heavy atom. The molecule has 0 aliphatic carbocycles. The van der Waals surface area contributed by atoms with Gasteiger partial charge in [0.25, 0.3) is 0 Å². The molecule has 3 saturated heterocycles. The Morgan fingerprint density at radius 1 is 1.25 bits per heavy atom. The van der Waals surface area contributed by atoms with Gasteiger partial charge in [0, 0.05) is 43.3 Å². The van der Waals surface area contributed by atoms with Gasteiger partial charge in [0.2, 0.25) is 10.0 Å². The lowest BCUT2D eigenvalue weighted by Crippen LogP contribution is -2.50. The Bertz CT molecular complexity index is 838. The van der Waals surface area contributed by atoms with Crippen LogP contribution in [0, 0.1) is 17.6 Å². The smallest absolute Gasteiger partial charge is 0.211 e. The predicted octanol–water partition coefficient (Wildman–Crippen LogP) is 1.35. The first kappa shape index (κ1) is 20.2. The Labute approximate surface area is 164 Å². The number of sulfonamides is 1. The van der Waals surface area contributed by atoms with Crippen molar-refractivity contribution < 1.29 is 21.9 Å². The van der Waals surface area contributed by atoms with Crippen molar-refractivity contribution in [3.05, 3.63) is 35.4 Å². The first-order valence-electron chi connectivity index (χ1n) is 9.72. The molecule has 0 aromatic heterocycles. The second-order valence-corrected chi connectivity index (χ2v) is 10.1. The lowest BCUT2D eigenvalue weighted by atomic mass is 9.92. The minimum Gasteiger partial charge on any atom is -0.370 e. The topological polar surface area (TPSA) is 61.9 Å². The van der Waals surface area contributed by atoms with Gasteiger partial charge in [-0.15, -0.1) is 0 Å². The monoisotopic (exact) mass is 415 g/mol. The normalized spacial score (nSPS) is 34.6. The summed E-state index contributed by atoms with van der Waals surface area (Å²) < 4.78 is 59.5. The third-order valence-corrected chi connectivity index (χ3v) is 7.77. The van der Waals surface area contributed by atoms with Gasteiger partial charge in [-0.3, -0.25) is 4.90 Å². The number of ether oxygens (including phenoxy) is 1. The van der Waals surface area contributed by atoms with Crippen molar-refractivity contribution in [2.75, 3.05) is 39.5 Å². The molecule has 3 heterocycles. The molecule has 3 aliphatic heterocycles. The predicted molar refractivity (Wildman–Crippen MR) is 101 cm³/mol. The lowest BCUT2D eigenvalue weighted by molar-refractivity contribution is -0.0556. The Kier molecular flexibility index (Phi) is 5.47. The number of nitrogens with zero attached hydrogens (tertiary/aromatic N) is 2. The standard InChI is InChI=1S/C19H27F2N3O3S/c1-22-17-8-14(11-27-19(17)15-7-13(20)3-4-16(15)21)23-9-12-5-6-24(18(12)10-23)28(2,25)26/h3-4,7,12,14,17-19,22H,5-6,8-11H2,1-2H3/t12?,14-,17+,18?,19-/m1/s1. The quantitative estimate of drug-likeness (QED) is 0.805. The van der Waals surface area contributed by atoms with Gasteiger partial charge in [-0.1, -0.05) is 0 Å². The summed E-state index contributed by atoms with van der Waals surface area (Å²) in [6, 6.07) is 3.44. The molecule has 0 spiro atoms. The zero-order chi connectivity index (χ0) is 20.1. The number of fused-ring (bicyclic) bond motifs is 1. The van der Waals surface area contributed by atoms with Crippen molar-refractivity contribution in [2.45, 2.75) is 37.1 Å². The van der Waals surface area contributed by atoms with Gasteiger partial charge in [-0.2, -0.15) is 4.31 Å². The minimum atomic E-state index is -3.19. The number of halogens is 2. The van der Waals surface area contributed by atoms with Crippen LogP contribution in [0.1, 0.15) is 24.5 Å². The number of benzene rings is 1. The molecule has 0 radical (unpaired) electrons. The fourth-order valence-corrected chi connectivity index (χ4v) is 6.21. The highest BCUT2D eigenvalue weighted by Gasteiger charge is 2.47. The van der Waals surface area contributed by atoms with E-state index in [4.69, 9.17) is 4.74 Å². The van der Waals surface area contributed by atoms with E-state index >= 15 is 0 Å². The number of rotatable bonds is 4. The number of likely N-dealkylation sites (N-methyl/N-ethyl adjacent to an activating group) is 1. The van der Waals surface area contributed by atoms with Crippen molar-refractivity contribution in [1.82, 2.24) is 14.5 Å². The molecule has 28 heavy (non-hydrogen) atoms.